The number of fused-ring (bicyclic) bond motifs is 3. The fourth-order valence-corrected chi connectivity index (χ4v) is 6.60. The van der Waals surface area contributed by atoms with Gasteiger partial charge in [-0.3, -0.25) is 14.9 Å². The van der Waals surface area contributed by atoms with Crippen LogP contribution in [0.3, 0.4) is 0 Å². The van der Waals surface area contributed by atoms with Crippen molar-refractivity contribution in [2.75, 3.05) is 43.4 Å². The highest BCUT2D eigenvalue weighted by Crippen LogP contribution is 2.44. The van der Waals surface area contributed by atoms with Crippen molar-refractivity contribution >= 4 is 46.3 Å². The number of aliphatic imine (C=N–C) groups is 1. The predicted octanol–water partition coefficient (Wildman–Crippen LogP) is 3.17. The standard InChI is InChI=1S/C30H34N8O2/c1-37-7-9-38(10-8-37)23-4-2-3-20(13-23)28(39)33-22-15-24-21(16-31-27(24)32-17-22)14-26-29(40)36-30(35-26)34-25-12-18-5-6-19(25)11-18/h2-4,13-19,25H,5-12H2,1H3,(H,31,32)(H,33,39)(H2,34,35,36,40)/b26-14+. The molecule has 4 heterocycles. The maximum absolute atomic E-state index is 13.1. The van der Waals surface area contributed by atoms with E-state index in [1.807, 2.05) is 24.3 Å². The first-order chi connectivity index (χ1) is 19.5. The number of likely N-dealkylation sites (N-methyl/N-ethyl adjacent to an activating group) is 1. The molecule has 3 aromatic rings. The number of benzene rings is 1. The molecule has 2 aliphatic heterocycles. The minimum atomic E-state index is -0.224. The minimum absolute atomic E-state index is 0.191. The number of guanidine groups is 1. The van der Waals surface area contributed by atoms with E-state index in [1.54, 1.807) is 18.5 Å². The van der Waals surface area contributed by atoms with Crippen molar-refractivity contribution in [1.29, 1.82) is 0 Å². The van der Waals surface area contributed by atoms with Crippen LogP contribution < -0.4 is 20.9 Å². The van der Waals surface area contributed by atoms with Gasteiger partial charge in [0.2, 0.25) is 5.96 Å². The van der Waals surface area contributed by atoms with E-state index in [9.17, 15) is 9.59 Å². The molecule has 2 bridgehead atoms. The molecule has 3 atom stereocenters. The lowest BCUT2D eigenvalue weighted by Gasteiger charge is -2.34. The number of piperazine rings is 1. The Morgan fingerprint density at radius 2 is 2.00 bits per heavy atom. The molecule has 10 heteroatoms. The molecule has 40 heavy (non-hydrogen) atoms. The van der Waals surface area contributed by atoms with E-state index in [0.29, 0.717) is 40.5 Å². The van der Waals surface area contributed by atoms with Crippen LogP contribution in [0.2, 0.25) is 0 Å². The van der Waals surface area contributed by atoms with Crippen molar-refractivity contribution in [3.05, 3.63) is 59.5 Å². The largest absolute Gasteiger partial charge is 0.369 e. The number of H-pyrrole nitrogens is 1. The molecule has 1 aromatic carbocycles. The van der Waals surface area contributed by atoms with Crippen LogP contribution in [0.5, 0.6) is 0 Å². The molecular weight excluding hydrogens is 504 g/mol. The second-order valence-electron chi connectivity index (χ2n) is 11.5. The van der Waals surface area contributed by atoms with Crippen LogP contribution in [0.15, 0.2) is 53.4 Å². The first-order valence-corrected chi connectivity index (χ1v) is 14.2. The lowest BCUT2D eigenvalue weighted by atomic mass is 9.95. The van der Waals surface area contributed by atoms with Crippen molar-refractivity contribution in [3.63, 3.8) is 0 Å². The van der Waals surface area contributed by atoms with E-state index in [2.05, 4.69) is 53.8 Å². The van der Waals surface area contributed by atoms with E-state index in [0.717, 1.165) is 55.2 Å². The van der Waals surface area contributed by atoms with Crippen molar-refractivity contribution in [2.24, 2.45) is 16.8 Å². The highest BCUT2D eigenvalue weighted by atomic mass is 16.2. The number of anilines is 2. The lowest BCUT2D eigenvalue weighted by molar-refractivity contribution is -0.115. The van der Waals surface area contributed by atoms with E-state index in [4.69, 9.17) is 0 Å². The van der Waals surface area contributed by atoms with Gasteiger partial charge in [0.15, 0.2) is 0 Å². The van der Waals surface area contributed by atoms with Gasteiger partial charge in [-0.05, 0) is 68.5 Å². The molecule has 1 saturated heterocycles. The first-order valence-electron chi connectivity index (χ1n) is 14.2. The van der Waals surface area contributed by atoms with E-state index >= 15 is 0 Å². The average Bonchev–Trinajstić information content (AvgIpc) is 3.75. The number of amides is 2. The molecule has 0 radical (unpaired) electrons. The van der Waals surface area contributed by atoms with Gasteiger partial charge >= 0.3 is 0 Å². The Hall–Kier alpha value is -4.18. The molecule has 3 unspecified atom stereocenters. The molecule has 3 fully saturated rings. The molecule has 2 aliphatic carbocycles. The Morgan fingerprint density at radius 1 is 1.12 bits per heavy atom. The highest BCUT2D eigenvalue weighted by molar-refractivity contribution is 6.14. The summed E-state index contributed by atoms with van der Waals surface area (Å²) in [5.41, 5.74) is 4.04. The van der Waals surface area contributed by atoms with Gasteiger partial charge in [0.1, 0.15) is 11.3 Å². The van der Waals surface area contributed by atoms with Gasteiger partial charge in [0.25, 0.3) is 11.8 Å². The van der Waals surface area contributed by atoms with Crippen molar-refractivity contribution < 1.29 is 9.59 Å². The third-order valence-electron chi connectivity index (χ3n) is 8.85. The van der Waals surface area contributed by atoms with Crippen LogP contribution in [-0.4, -0.2) is 71.9 Å². The molecule has 7 rings (SSSR count). The Labute approximate surface area is 232 Å². The van der Waals surface area contributed by atoms with Crippen LogP contribution >= 0.6 is 0 Å². The van der Waals surface area contributed by atoms with Crippen LogP contribution in [0.1, 0.15) is 41.6 Å². The summed E-state index contributed by atoms with van der Waals surface area (Å²) in [7, 11) is 2.13. The molecule has 0 spiro atoms. The normalized spacial score (nSPS) is 25.5. The van der Waals surface area contributed by atoms with Crippen LogP contribution in [0.4, 0.5) is 11.4 Å². The van der Waals surface area contributed by atoms with Crippen molar-refractivity contribution in [2.45, 2.75) is 31.7 Å². The summed E-state index contributed by atoms with van der Waals surface area (Å²) >= 11 is 0. The van der Waals surface area contributed by atoms with Gasteiger partial charge in [-0.2, -0.15) is 0 Å². The fraction of sp³-hybridized carbons (Fsp3) is 0.400. The van der Waals surface area contributed by atoms with Gasteiger partial charge < -0.3 is 25.4 Å². The Morgan fingerprint density at radius 3 is 2.80 bits per heavy atom. The van der Waals surface area contributed by atoms with Gasteiger partial charge in [0, 0.05) is 60.6 Å². The predicted molar refractivity (Wildman–Crippen MR) is 156 cm³/mol. The average molecular weight is 539 g/mol. The molecular formula is C30H34N8O2. The minimum Gasteiger partial charge on any atom is -0.369 e. The summed E-state index contributed by atoms with van der Waals surface area (Å²) in [6.45, 7) is 3.89. The van der Waals surface area contributed by atoms with Crippen LogP contribution in [0.25, 0.3) is 17.1 Å². The summed E-state index contributed by atoms with van der Waals surface area (Å²) in [6.07, 6.45) is 10.2. The number of rotatable bonds is 5. The summed E-state index contributed by atoms with van der Waals surface area (Å²) in [4.78, 5) is 42.6. The SMILES string of the molecule is CN1CCN(c2cccc(C(=O)Nc3cnc4[nH]cc(/C=C5/N=C(NC6CC7CCC6C7)NC5=O)c4c3)c2)CC1. The number of carbonyl (C=O) groups excluding carboxylic acids is 2. The number of aromatic amines is 1. The second-order valence-corrected chi connectivity index (χ2v) is 11.5. The lowest BCUT2D eigenvalue weighted by Crippen LogP contribution is -2.44. The van der Waals surface area contributed by atoms with Crippen molar-refractivity contribution in [1.82, 2.24) is 25.5 Å². The number of aromatic nitrogens is 2. The summed E-state index contributed by atoms with van der Waals surface area (Å²) in [6, 6.07) is 10.0. The molecule has 2 aromatic heterocycles. The first kappa shape index (κ1) is 24.8. The zero-order chi connectivity index (χ0) is 27.2. The summed E-state index contributed by atoms with van der Waals surface area (Å²) < 4.78 is 0. The quantitative estimate of drug-likeness (QED) is 0.371. The third-order valence-corrected chi connectivity index (χ3v) is 8.85. The highest BCUT2D eigenvalue weighted by Gasteiger charge is 2.40. The maximum Gasteiger partial charge on any atom is 0.276 e. The van der Waals surface area contributed by atoms with Gasteiger partial charge in [-0.1, -0.05) is 12.5 Å². The zero-order valence-electron chi connectivity index (χ0n) is 22.6. The molecule has 4 N–H and O–H groups in total. The number of pyridine rings is 1. The van der Waals surface area contributed by atoms with Gasteiger partial charge in [0.05, 0.1) is 11.9 Å². The van der Waals surface area contributed by atoms with Gasteiger partial charge in [-0.25, -0.2) is 9.98 Å². The second kappa shape index (κ2) is 10.1. The number of nitrogens with one attached hydrogen (secondary N) is 4. The summed E-state index contributed by atoms with van der Waals surface area (Å²) in [5, 5.41) is 10.1. The van der Waals surface area contributed by atoms with Crippen LogP contribution in [0, 0.1) is 11.8 Å². The monoisotopic (exact) mass is 538 g/mol. The van der Waals surface area contributed by atoms with Gasteiger partial charge in [-0.15, -0.1) is 0 Å². The number of nitrogens with zero attached hydrogens (tertiary/aromatic N) is 4. The Kier molecular flexibility index (Phi) is 6.27. The molecule has 4 aliphatic rings. The molecule has 2 saturated carbocycles. The molecule has 2 amide bonds. The third kappa shape index (κ3) is 4.83. The summed E-state index contributed by atoms with van der Waals surface area (Å²) in [5.74, 6) is 1.62. The van der Waals surface area contributed by atoms with Crippen LogP contribution in [-0.2, 0) is 4.79 Å². The maximum atomic E-state index is 13.1. The van der Waals surface area contributed by atoms with E-state index in [-0.39, 0.29) is 11.8 Å². The smallest absolute Gasteiger partial charge is 0.276 e. The molecule has 10 nitrogen and oxygen atoms in total. The van der Waals surface area contributed by atoms with E-state index in [1.165, 1.54) is 19.3 Å². The Balaban J connectivity index is 1.07. The number of carbonyl (C=O) groups is 2. The topological polar surface area (TPSA) is 118 Å². The fourth-order valence-electron chi connectivity index (χ4n) is 6.60. The molecule has 206 valence electrons. The zero-order valence-corrected chi connectivity index (χ0v) is 22.6. The van der Waals surface area contributed by atoms with E-state index < -0.39 is 0 Å². The number of hydrogen-bond donors (Lipinski definition) is 4. The van der Waals surface area contributed by atoms with Crippen molar-refractivity contribution in [3.8, 4) is 0 Å². The Bertz CT molecular complexity index is 1530. The number of hydrogen-bond acceptors (Lipinski definition) is 7.